The number of ether oxygens (including phenoxy) is 4. The summed E-state index contributed by atoms with van der Waals surface area (Å²) in [5.74, 6) is -0.223. The minimum absolute atomic E-state index is 0.160. The highest BCUT2D eigenvalue weighted by Gasteiger charge is 2.22. The first-order chi connectivity index (χ1) is 11.5. The van der Waals surface area contributed by atoms with E-state index in [9.17, 15) is 9.18 Å². The number of halogens is 2. The second kappa shape index (κ2) is 8.01. The predicted octanol–water partition coefficient (Wildman–Crippen LogP) is 3.97. The van der Waals surface area contributed by atoms with Gasteiger partial charge in [0, 0.05) is 10.0 Å². The van der Waals surface area contributed by atoms with E-state index >= 15 is 0 Å². The van der Waals surface area contributed by atoms with Crippen molar-refractivity contribution in [2.75, 3.05) is 21.3 Å². The second-order valence-electron chi connectivity index (χ2n) is 4.69. The molecule has 0 spiro atoms. The largest absolute Gasteiger partial charge is 0.493 e. The van der Waals surface area contributed by atoms with Gasteiger partial charge in [-0.1, -0.05) is 22.0 Å². The summed E-state index contributed by atoms with van der Waals surface area (Å²) in [6, 6.07) is 7.58. The summed E-state index contributed by atoms with van der Waals surface area (Å²) >= 11 is 3.17. The lowest BCUT2D eigenvalue weighted by Crippen LogP contribution is -2.09. The molecule has 0 heterocycles. The zero-order chi connectivity index (χ0) is 17.7. The molecule has 7 heteroatoms. The first kappa shape index (κ1) is 18.1. The van der Waals surface area contributed by atoms with Crippen molar-refractivity contribution in [3.8, 4) is 17.2 Å². The van der Waals surface area contributed by atoms with Gasteiger partial charge in [0.2, 0.25) is 5.75 Å². The summed E-state index contributed by atoms with van der Waals surface area (Å²) in [5, 5.41) is 0. The fourth-order valence-corrected chi connectivity index (χ4v) is 2.45. The van der Waals surface area contributed by atoms with Crippen molar-refractivity contribution in [3.63, 3.8) is 0 Å². The summed E-state index contributed by atoms with van der Waals surface area (Å²) in [5.41, 5.74) is 0.429. The molecule has 0 amide bonds. The van der Waals surface area contributed by atoms with Crippen molar-refractivity contribution in [3.05, 3.63) is 51.7 Å². The third kappa shape index (κ3) is 3.79. The van der Waals surface area contributed by atoms with Crippen molar-refractivity contribution < 1.29 is 28.1 Å². The van der Waals surface area contributed by atoms with E-state index in [0.717, 1.165) is 0 Å². The molecule has 0 atom stereocenters. The molecule has 0 aliphatic heterocycles. The summed E-state index contributed by atoms with van der Waals surface area (Å²) in [4.78, 5) is 12.3. The van der Waals surface area contributed by atoms with Gasteiger partial charge in [0.05, 0.1) is 21.3 Å². The van der Waals surface area contributed by atoms with Gasteiger partial charge in [0.15, 0.2) is 11.5 Å². The molecule has 0 aliphatic rings. The van der Waals surface area contributed by atoms with Crippen LogP contribution in [0.5, 0.6) is 17.2 Å². The first-order valence-electron chi connectivity index (χ1n) is 6.91. The van der Waals surface area contributed by atoms with Crippen LogP contribution in [-0.4, -0.2) is 27.3 Å². The highest BCUT2D eigenvalue weighted by molar-refractivity contribution is 9.10. The third-order valence-corrected chi connectivity index (χ3v) is 3.79. The molecule has 0 fully saturated rings. The molecule has 0 radical (unpaired) electrons. The lowest BCUT2D eigenvalue weighted by atomic mass is 10.1. The van der Waals surface area contributed by atoms with Gasteiger partial charge < -0.3 is 18.9 Å². The molecule has 0 N–H and O–H groups in total. The van der Waals surface area contributed by atoms with Crippen LogP contribution >= 0.6 is 15.9 Å². The molecular formula is C17H16BrFO5. The molecule has 2 aromatic carbocycles. The molecule has 0 aromatic heterocycles. The van der Waals surface area contributed by atoms with Crippen molar-refractivity contribution in [2.45, 2.75) is 6.61 Å². The normalized spacial score (nSPS) is 10.2. The molecule has 2 rings (SSSR count). The number of benzene rings is 2. The Morgan fingerprint density at radius 1 is 1.04 bits per heavy atom. The second-order valence-corrected chi connectivity index (χ2v) is 5.61. The fourth-order valence-electron chi connectivity index (χ4n) is 2.12. The van der Waals surface area contributed by atoms with Gasteiger partial charge in [-0.05, 0) is 24.3 Å². The van der Waals surface area contributed by atoms with Crippen LogP contribution in [0, 0.1) is 5.82 Å². The average Bonchev–Trinajstić information content (AvgIpc) is 2.59. The molecule has 0 bridgehead atoms. The SMILES string of the molecule is COc1ccc(C(=O)OCc2ccc(Br)cc2F)c(OC)c1OC. The van der Waals surface area contributed by atoms with E-state index in [4.69, 9.17) is 18.9 Å². The highest BCUT2D eigenvalue weighted by Crippen LogP contribution is 2.40. The smallest absolute Gasteiger partial charge is 0.342 e. The number of methoxy groups -OCH3 is 3. The number of carbonyl (C=O) groups is 1. The van der Waals surface area contributed by atoms with Crippen LogP contribution in [-0.2, 0) is 11.3 Å². The average molecular weight is 399 g/mol. The van der Waals surface area contributed by atoms with Crippen LogP contribution in [0.25, 0.3) is 0 Å². The number of esters is 1. The van der Waals surface area contributed by atoms with Crippen LogP contribution in [0.15, 0.2) is 34.8 Å². The Labute approximate surface area is 147 Å². The van der Waals surface area contributed by atoms with Crippen molar-refractivity contribution in [1.29, 1.82) is 0 Å². The molecule has 0 saturated heterocycles. The Morgan fingerprint density at radius 2 is 1.75 bits per heavy atom. The summed E-state index contributed by atoms with van der Waals surface area (Å²) in [6.07, 6.45) is 0. The van der Waals surface area contributed by atoms with Gasteiger partial charge in [-0.25, -0.2) is 9.18 Å². The minimum Gasteiger partial charge on any atom is -0.493 e. The number of hydrogen-bond donors (Lipinski definition) is 0. The first-order valence-corrected chi connectivity index (χ1v) is 7.71. The Bertz CT molecular complexity index is 748. The summed E-state index contributed by atoms with van der Waals surface area (Å²) in [7, 11) is 4.32. The molecule has 128 valence electrons. The number of carbonyl (C=O) groups excluding carboxylic acids is 1. The summed E-state index contributed by atoms with van der Waals surface area (Å²) in [6.45, 7) is -0.199. The zero-order valence-corrected chi connectivity index (χ0v) is 15.0. The zero-order valence-electron chi connectivity index (χ0n) is 13.4. The third-order valence-electron chi connectivity index (χ3n) is 3.30. The quantitative estimate of drug-likeness (QED) is 0.689. The van der Waals surface area contributed by atoms with Crippen molar-refractivity contribution in [2.24, 2.45) is 0 Å². The van der Waals surface area contributed by atoms with Crippen LogP contribution in [0.1, 0.15) is 15.9 Å². The maximum atomic E-state index is 13.8. The molecule has 0 aliphatic carbocycles. The Hall–Kier alpha value is -2.28. The van der Waals surface area contributed by atoms with E-state index in [1.807, 2.05) is 0 Å². The Morgan fingerprint density at radius 3 is 2.33 bits per heavy atom. The highest BCUT2D eigenvalue weighted by atomic mass is 79.9. The number of hydrogen-bond acceptors (Lipinski definition) is 5. The van der Waals surface area contributed by atoms with E-state index in [1.165, 1.54) is 33.5 Å². The maximum absolute atomic E-state index is 13.8. The van der Waals surface area contributed by atoms with E-state index in [-0.39, 0.29) is 29.2 Å². The molecule has 24 heavy (non-hydrogen) atoms. The summed E-state index contributed by atoms with van der Waals surface area (Å²) < 4.78 is 35.2. The van der Waals surface area contributed by atoms with Gasteiger partial charge in [-0.15, -0.1) is 0 Å². The van der Waals surface area contributed by atoms with Crippen molar-refractivity contribution >= 4 is 21.9 Å². The molecule has 2 aromatic rings. The lowest BCUT2D eigenvalue weighted by Gasteiger charge is -2.15. The Balaban J connectivity index is 2.23. The minimum atomic E-state index is -0.657. The van der Waals surface area contributed by atoms with Crippen molar-refractivity contribution in [1.82, 2.24) is 0 Å². The van der Waals surface area contributed by atoms with Crippen LogP contribution < -0.4 is 14.2 Å². The van der Waals surface area contributed by atoms with E-state index in [0.29, 0.717) is 10.2 Å². The molecule has 0 unspecified atom stereocenters. The molecule has 0 saturated carbocycles. The molecular weight excluding hydrogens is 383 g/mol. The molecule has 5 nitrogen and oxygen atoms in total. The lowest BCUT2D eigenvalue weighted by molar-refractivity contribution is 0.0464. The topological polar surface area (TPSA) is 54.0 Å². The van der Waals surface area contributed by atoms with E-state index in [1.54, 1.807) is 18.2 Å². The van der Waals surface area contributed by atoms with Crippen LogP contribution in [0.2, 0.25) is 0 Å². The van der Waals surface area contributed by atoms with Gasteiger partial charge in [0.25, 0.3) is 0 Å². The monoisotopic (exact) mass is 398 g/mol. The van der Waals surface area contributed by atoms with E-state index < -0.39 is 11.8 Å². The van der Waals surface area contributed by atoms with Crippen LogP contribution in [0.4, 0.5) is 4.39 Å². The van der Waals surface area contributed by atoms with Crippen LogP contribution in [0.3, 0.4) is 0 Å². The Kier molecular flexibility index (Phi) is 6.03. The maximum Gasteiger partial charge on any atom is 0.342 e. The van der Waals surface area contributed by atoms with Gasteiger partial charge in [0.1, 0.15) is 18.0 Å². The van der Waals surface area contributed by atoms with Gasteiger partial charge >= 0.3 is 5.97 Å². The standard InChI is InChI=1S/C17H16BrFO5/c1-21-14-7-6-12(15(22-2)16(14)23-3)17(20)24-9-10-4-5-11(18)8-13(10)19/h4-8H,9H2,1-3H3. The van der Waals surface area contributed by atoms with E-state index in [2.05, 4.69) is 15.9 Å². The van der Waals surface area contributed by atoms with Gasteiger partial charge in [-0.2, -0.15) is 0 Å². The predicted molar refractivity (Wildman–Crippen MR) is 89.3 cm³/mol. The van der Waals surface area contributed by atoms with Gasteiger partial charge in [-0.3, -0.25) is 0 Å². The fraction of sp³-hybridized carbons (Fsp3) is 0.235. The number of rotatable bonds is 6.